The number of nitrogens with one attached hydrogen (secondary N) is 1. The Morgan fingerprint density at radius 2 is 2.00 bits per heavy atom. The summed E-state index contributed by atoms with van der Waals surface area (Å²) >= 11 is 6.14. The highest BCUT2D eigenvalue weighted by atomic mass is 35.5. The van der Waals surface area contributed by atoms with E-state index in [1.54, 1.807) is 28.8 Å². The van der Waals surface area contributed by atoms with Crippen molar-refractivity contribution >= 4 is 23.2 Å². The van der Waals surface area contributed by atoms with Crippen LogP contribution in [0.5, 0.6) is 0 Å². The lowest BCUT2D eigenvalue weighted by Crippen LogP contribution is -2.19. The minimum absolute atomic E-state index is 0.0690. The van der Waals surface area contributed by atoms with Crippen LogP contribution in [0.15, 0.2) is 53.5 Å². The molecule has 0 aliphatic rings. The van der Waals surface area contributed by atoms with E-state index < -0.39 is 5.56 Å². The van der Waals surface area contributed by atoms with Crippen molar-refractivity contribution in [2.75, 3.05) is 5.32 Å². The highest BCUT2D eigenvalue weighted by Gasteiger charge is 2.11. The van der Waals surface area contributed by atoms with E-state index in [0.29, 0.717) is 17.3 Å². The first-order chi connectivity index (χ1) is 12.5. The van der Waals surface area contributed by atoms with E-state index in [-0.39, 0.29) is 17.3 Å². The molecular weight excluding hydrogens is 355 g/mol. The van der Waals surface area contributed by atoms with Gasteiger partial charge in [0.05, 0.1) is 6.54 Å². The second-order valence-corrected chi connectivity index (χ2v) is 6.09. The second kappa shape index (κ2) is 7.38. The quantitative estimate of drug-likeness (QED) is 0.755. The van der Waals surface area contributed by atoms with Crippen molar-refractivity contribution < 1.29 is 4.39 Å². The van der Waals surface area contributed by atoms with Gasteiger partial charge in [0, 0.05) is 16.9 Å². The highest BCUT2D eigenvalue weighted by Crippen LogP contribution is 2.25. The standard InChI is InChI=1S/C19H14ClFN4O/c1-12-16(20)3-2-4-17(12)23-19-24-18(26)14(9-22)11-25(19)10-13-5-7-15(21)8-6-13/h2-8,11H,10H2,1H3,(H,23,24,26). The predicted molar refractivity (Wildman–Crippen MR) is 98.2 cm³/mol. The fourth-order valence-electron chi connectivity index (χ4n) is 2.44. The summed E-state index contributed by atoms with van der Waals surface area (Å²) in [5, 5.41) is 12.8. The summed E-state index contributed by atoms with van der Waals surface area (Å²) in [4.78, 5) is 16.0. The molecule has 7 heteroatoms. The monoisotopic (exact) mass is 368 g/mol. The van der Waals surface area contributed by atoms with Crippen molar-refractivity contribution in [1.29, 1.82) is 5.26 Å². The number of anilines is 2. The minimum Gasteiger partial charge on any atom is -0.325 e. The van der Waals surface area contributed by atoms with Gasteiger partial charge < -0.3 is 9.88 Å². The van der Waals surface area contributed by atoms with Crippen LogP contribution in [0, 0.1) is 24.1 Å². The molecule has 0 atom stereocenters. The molecule has 0 amide bonds. The molecule has 1 heterocycles. The van der Waals surface area contributed by atoms with Crippen LogP contribution < -0.4 is 10.9 Å². The normalized spacial score (nSPS) is 10.4. The van der Waals surface area contributed by atoms with Gasteiger partial charge in [-0.05, 0) is 42.3 Å². The van der Waals surface area contributed by atoms with Crippen molar-refractivity contribution in [2.45, 2.75) is 13.5 Å². The van der Waals surface area contributed by atoms with Crippen LogP contribution in [0.25, 0.3) is 0 Å². The summed E-state index contributed by atoms with van der Waals surface area (Å²) in [7, 11) is 0. The number of nitrogens with zero attached hydrogens (tertiary/aromatic N) is 3. The van der Waals surface area contributed by atoms with Crippen molar-refractivity contribution in [1.82, 2.24) is 9.55 Å². The molecule has 0 fully saturated rings. The number of halogens is 2. The zero-order valence-corrected chi connectivity index (χ0v) is 14.6. The number of benzene rings is 2. The van der Waals surface area contributed by atoms with Crippen molar-refractivity contribution in [3.05, 3.63) is 86.5 Å². The van der Waals surface area contributed by atoms with Crippen molar-refractivity contribution in [3.63, 3.8) is 0 Å². The molecule has 0 saturated carbocycles. The molecule has 3 aromatic rings. The Labute approximate surface area is 154 Å². The van der Waals surface area contributed by atoms with Crippen molar-refractivity contribution in [2.24, 2.45) is 0 Å². The lowest BCUT2D eigenvalue weighted by Gasteiger charge is -2.16. The SMILES string of the molecule is Cc1c(Cl)cccc1Nc1nc(=O)c(C#N)cn1Cc1ccc(F)cc1. The molecule has 0 spiro atoms. The molecule has 5 nitrogen and oxygen atoms in total. The summed E-state index contributed by atoms with van der Waals surface area (Å²) in [5.74, 6) is -0.0684. The molecule has 1 N–H and O–H groups in total. The first kappa shape index (κ1) is 17.6. The minimum atomic E-state index is -0.620. The molecule has 1 aromatic heterocycles. The van der Waals surface area contributed by atoms with E-state index >= 15 is 0 Å². The molecule has 0 radical (unpaired) electrons. The molecule has 2 aromatic carbocycles. The topological polar surface area (TPSA) is 70.7 Å². The third kappa shape index (κ3) is 3.73. The van der Waals surface area contributed by atoms with Crippen molar-refractivity contribution in [3.8, 4) is 6.07 Å². The van der Waals surface area contributed by atoms with E-state index in [0.717, 1.165) is 11.1 Å². The summed E-state index contributed by atoms with van der Waals surface area (Å²) in [5.41, 5.74) is 1.61. The summed E-state index contributed by atoms with van der Waals surface area (Å²) in [6.45, 7) is 2.15. The number of aromatic nitrogens is 2. The third-order valence-corrected chi connectivity index (χ3v) is 4.31. The van der Waals surface area contributed by atoms with E-state index in [1.165, 1.54) is 18.3 Å². The van der Waals surface area contributed by atoms with Crippen LogP contribution in [0.1, 0.15) is 16.7 Å². The molecule has 26 heavy (non-hydrogen) atoms. The van der Waals surface area contributed by atoms with Gasteiger partial charge in [-0.3, -0.25) is 4.79 Å². The number of hydrogen-bond acceptors (Lipinski definition) is 4. The van der Waals surface area contributed by atoms with Crippen LogP contribution in [-0.2, 0) is 6.54 Å². The van der Waals surface area contributed by atoms with E-state index in [2.05, 4.69) is 10.3 Å². The van der Waals surface area contributed by atoms with Gasteiger partial charge in [-0.2, -0.15) is 10.2 Å². The molecule has 3 rings (SSSR count). The Morgan fingerprint density at radius 1 is 1.27 bits per heavy atom. The lowest BCUT2D eigenvalue weighted by atomic mass is 10.2. The number of rotatable bonds is 4. The van der Waals surface area contributed by atoms with Gasteiger partial charge in [-0.25, -0.2) is 4.39 Å². The number of hydrogen-bond donors (Lipinski definition) is 1. The van der Waals surface area contributed by atoms with E-state index in [9.17, 15) is 9.18 Å². The highest BCUT2D eigenvalue weighted by molar-refractivity contribution is 6.31. The van der Waals surface area contributed by atoms with Crippen LogP contribution in [0.3, 0.4) is 0 Å². The molecule has 0 unspecified atom stereocenters. The largest absolute Gasteiger partial charge is 0.325 e. The van der Waals surface area contributed by atoms with Crippen LogP contribution in [0.4, 0.5) is 16.0 Å². The Morgan fingerprint density at radius 3 is 2.69 bits per heavy atom. The fraction of sp³-hybridized carbons (Fsp3) is 0.105. The van der Waals surface area contributed by atoms with Gasteiger partial charge in [-0.15, -0.1) is 0 Å². The zero-order chi connectivity index (χ0) is 18.7. The van der Waals surface area contributed by atoms with Gasteiger partial charge in [0.25, 0.3) is 5.56 Å². The van der Waals surface area contributed by atoms with Crippen LogP contribution in [-0.4, -0.2) is 9.55 Å². The lowest BCUT2D eigenvalue weighted by molar-refractivity contribution is 0.626. The second-order valence-electron chi connectivity index (χ2n) is 5.69. The third-order valence-electron chi connectivity index (χ3n) is 3.90. The van der Waals surface area contributed by atoms with Gasteiger partial charge in [0.1, 0.15) is 17.4 Å². The van der Waals surface area contributed by atoms with E-state index in [4.69, 9.17) is 16.9 Å². The maximum absolute atomic E-state index is 13.1. The van der Waals surface area contributed by atoms with Gasteiger partial charge in [0.2, 0.25) is 5.95 Å². The van der Waals surface area contributed by atoms with Gasteiger partial charge >= 0.3 is 0 Å². The Kier molecular flexibility index (Phi) is 5.01. The smallest absolute Gasteiger partial charge is 0.292 e. The summed E-state index contributed by atoms with van der Waals surface area (Å²) < 4.78 is 14.8. The molecule has 0 aliphatic heterocycles. The molecule has 130 valence electrons. The summed E-state index contributed by atoms with van der Waals surface area (Å²) in [6.07, 6.45) is 1.43. The molecule has 0 bridgehead atoms. The van der Waals surface area contributed by atoms with Crippen LogP contribution >= 0.6 is 11.6 Å². The first-order valence-electron chi connectivity index (χ1n) is 7.76. The first-order valence-corrected chi connectivity index (χ1v) is 8.14. The molecular formula is C19H14ClFN4O. The Hall–Kier alpha value is -3.17. The van der Waals surface area contributed by atoms with E-state index in [1.807, 2.05) is 19.1 Å². The van der Waals surface area contributed by atoms with Gasteiger partial charge in [-0.1, -0.05) is 29.8 Å². The average molecular weight is 369 g/mol. The molecule has 0 aliphatic carbocycles. The Balaban J connectivity index is 2.04. The number of nitriles is 1. The van der Waals surface area contributed by atoms with Crippen LogP contribution in [0.2, 0.25) is 5.02 Å². The molecule has 0 saturated heterocycles. The fourth-order valence-corrected chi connectivity index (χ4v) is 2.61. The maximum Gasteiger partial charge on any atom is 0.292 e. The predicted octanol–water partition coefficient (Wildman–Crippen LogP) is 4.01. The van der Waals surface area contributed by atoms with Gasteiger partial charge in [0.15, 0.2) is 0 Å². The Bertz CT molecular complexity index is 1050. The average Bonchev–Trinajstić information content (AvgIpc) is 2.63. The zero-order valence-electron chi connectivity index (χ0n) is 13.8. The maximum atomic E-state index is 13.1. The summed E-state index contributed by atoms with van der Waals surface area (Å²) in [6, 6.07) is 13.2.